The maximum Gasteiger partial charge on any atom is 0.261 e. The number of ether oxygens (including phenoxy) is 2. The van der Waals surface area contributed by atoms with Gasteiger partial charge in [-0.15, -0.1) is 0 Å². The molecule has 0 radical (unpaired) electrons. The van der Waals surface area contributed by atoms with Gasteiger partial charge in [-0.3, -0.25) is 9.59 Å². The molecule has 4 aromatic rings. The maximum atomic E-state index is 13.9. The molecule has 5 rings (SSSR count). The number of fused-ring (bicyclic) bond motifs is 2. The predicted molar refractivity (Wildman–Crippen MR) is 160 cm³/mol. The minimum absolute atomic E-state index is 0.131. The summed E-state index contributed by atoms with van der Waals surface area (Å²) >= 11 is 6.02. The van der Waals surface area contributed by atoms with Crippen LogP contribution < -0.4 is 14.8 Å². The van der Waals surface area contributed by atoms with Crippen LogP contribution in [0.15, 0.2) is 103 Å². The van der Waals surface area contributed by atoms with Crippen LogP contribution in [0.25, 0.3) is 0 Å². The molecule has 0 bridgehead atoms. The van der Waals surface area contributed by atoms with Crippen LogP contribution in [0.1, 0.15) is 33.5 Å². The second-order valence-corrected chi connectivity index (χ2v) is 10.5. The van der Waals surface area contributed by atoms with Crippen LogP contribution in [0.4, 0.5) is 0 Å². The fraction of sp³-hybridized carbons (Fsp3) is 0.235. The fourth-order valence-electron chi connectivity index (χ4n) is 5.01. The van der Waals surface area contributed by atoms with Crippen LogP contribution in [0.3, 0.4) is 0 Å². The van der Waals surface area contributed by atoms with Crippen molar-refractivity contribution in [2.24, 2.45) is 0 Å². The molecule has 0 saturated carbocycles. The Morgan fingerprint density at radius 2 is 1.61 bits per heavy atom. The van der Waals surface area contributed by atoms with Crippen LogP contribution in [0, 0.1) is 0 Å². The van der Waals surface area contributed by atoms with Crippen LogP contribution in [0.2, 0.25) is 5.02 Å². The van der Waals surface area contributed by atoms with Crippen molar-refractivity contribution in [2.75, 3.05) is 19.8 Å². The monoisotopic (exact) mass is 568 g/mol. The first kappa shape index (κ1) is 28.2. The molecule has 1 N–H and O–H groups in total. The zero-order valence-electron chi connectivity index (χ0n) is 22.8. The zero-order valence-corrected chi connectivity index (χ0v) is 23.6. The van der Waals surface area contributed by atoms with Crippen molar-refractivity contribution in [3.63, 3.8) is 0 Å². The fourth-order valence-corrected chi connectivity index (χ4v) is 5.13. The average Bonchev–Trinajstić information content (AvgIpc) is 3.00. The molecule has 4 aromatic carbocycles. The summed E-state index contributed by atoms with van der Waals surface area (Å²) in [5.41, 5.74) is 3.77. The highest BCUT2D eigenvalue weighted by atomic mass is 35.5. The van der Waals surface area contributed by atoms with Crippen molar-refractivity contribution < 1.29 is 19.1 Å². The standard InChI is InChI=1S/C34H33ClN2O4/c35-28-16-18-30(19-17-28)40-24-33(38)37-22-27-12-5-4-11-26(27)13-8-20-36-34(39)31-14-6-7-15-32(31)41-23-29(37)21-25-9-2-1-3-10-25/h1-7,9-12,14-19,29H,8,13,20-24H2,(H,36,39)/t29-/m0/s1. The SMILES string of the molecule is O=C1NCCCc2ccccc2CN(C(=O)COc2ccc(Cl)cc2)[C@@H](Cc2ccccc2)COc2ccccc21. The molecule has 210 valence electrons. The van der Waals surface area contributed by atoms with E-state index < -0.39 is 0 Å². The lowest BCUT2D eigenvalue weighted by Gasteiger charge is -2.33. The second-order valence-electron chi connectivity index (χ2n) is 10.0. The summed E-state index contributed by atoms with van der Waals surface area (Å²) in [5.74, 6) is 0.735. The molecule has 0 unspecified atom stereocenters. The number of halogens is 1. The van der Waals surface area contributed by atoms with Crippen molar-refractivity contribution in [3.8, 4) is 11.5 Å². The molecule has 0 spiro atoms. The number of nitrogens with zero attached hydrogens (tertiary/aromatic N) is 1. The van der Waals surface area contributed by atoms with Crippen molar-refractivity contribution in [1.29, 1.82) is 0 Å². The highest BCUT2D eigenvalue weighted by Gasteiger charge is 2.27. The molecule has 0 saturated heterocycles. The third-order valence-electron chi connectivity index (χ3n) is 7.18. The van der Waals surface area contributed by atoms with Gasteiger partial charge in [0.15, 0.2) is 6.61 Å². The smallest absolute Gasteiger partial charge is 0.261 e. The Labute approximate surface area is 245 Å². The summed E-state index contributed by atoms with van der Waals surface area (Å²) in [6, 6.07) is 32.1. The van der Waals surface area contributed by atoms with Crippen LogP contribution in [-0.4, -0.2) is 42.5 Å². The Balaban J connectivity index is 1.50. The first-order chi connectivity index (χ1) is 20.1. The minimum Gasteiger partial charge on any atom is -0.491 e. The first-order valence-corrected chi connectivity index (χ1v) is 14.2. The third-order valence-corrected chi connectivity index (χ3v) is 7.43. The number of carbonyl (C=O) groups excluding carboxylic acids is 2. The van der Waals surface area contributed by atoms with E-state index in [4.69, 9.17) is 21.1 Å². The Morgan fingerprint density at radius 1 is 0.902 bits per heavy atom. The molecule has 6 nitrogen and oxygen atoms in total. The molecule has 1 heterocycles. The Hall–Kier alpha value is -4.29. The van der Waals surface area contributed by atoms with Gasteiger partial charge in [0.25, 0.3) is 11.8 Å². The Morgan fingerprint density at radius 3 is 2.41 bits per heavy atom. The molecule has 1 atom stereocenters. The number of benzene rings is 4. The van der Waals surface area contributed by atoms with E-state index in [1.54, 1.807) is 36.4 Å². The number of amides is 2. The summed E-state index contributed by atoms with van der Waals surface area (Å²) in [4.78, 5) is 28.8. The molecule has 7 heteroatoms. The van der Waals surface area contributed by atoms with Gasteiger partial charge in [0.2, 0.25) is 0 Å². The number of hydrogen-bond donors (Lipinski definition) is 1. The van der Waals surface area contributed by atoms with Crippen molar-refractivity contribution in [1.82, 2.24) is 10.2 Å². The number of hydrogen-bond acceptors (Lipinski definition) is 4. The number of rotatable bonds is 5. The van der Waals surface area contributed by atoms with Crippen molar-refractivity contribution in [2.45, 2.75) is 31.8 Å². The molecular weight excluding hydrogens is 536 g/mol. The van der Waals surface area contributed by atoms with Gasteiger partial charge in [0.1, 0.15) is 18.1 Å². The molecule has 0 fully saturated rings. The quantitative estimate of drug-likeness (QED) is 0.315. The van der Waals surface area contributed by atoms with Gasteiger partial charge in [0, 0.05) is 18.1 Å². The Kier molecular flexibility index (Phi) is 9.55. The average molecular weight is 569 g/mol. The van der Waals surface area contributed by atoms with Gasteiger partial charge < -0.3 is 19.7 Å². The van der Waals surface area contributed by atoms with E-state index in [9.17, 15) is 9.59 Å². The maximum absolute atomic E-state index is 13.9. The molecule has 2 amide bonds. The van der Waals surface area contributed by atoms with Gasteiger partial charge in [0.05, 0.1) is 11.6 Å². The minimum atomic E-state index is -0.328. The first-order valence-electron chi connectivity index (χ1n) is 13.9. The summed E-state index contributed by atoms with van der Waals surface area (Å²) in [5, 5.41) is 3.63. The van der Waals surface area contributed by atoms with E-state index in [2.05, 4.69) is 17.4 Å². The second kappa shape index (κ2) is 13.9. The molecule has 41 heavy (non-hydrogen) atoms. The van der Waals surface area contributed by atoms with E-state index in [0.717, 1.165) is 29.5 Å². The van der Waals surface area contributed by atoms with Gasteiger partial charge in [-0.05, 0) is 72.4 Å². The van der Waals surface area contributed by atoms with E-state index in [-0.39, 0.29) is 31.1 Å². The molecule has 0 aromatic heterocycles. The predicted octanol–water partition coefficient (Wildman–Crippen LogP) is 6.11. The van der Waals surface area contributed by atoms with E-state index in [1.807, 2.05) is 59.5 Å². The molecule has 0 aliphatic carbocycles. The van der Waals surface area contributed by atoms with Crippen molar-refractivity contribution >= 4 is 23.4 Å². The van der Waals surface area contributed by atoms with E-state index in [1.165, 1.54) is 0 Å². The highest BCUT2D eigenvalue weighted by Crippen LogP contribution is 2.23. The van der Waals surface area contributed by atoms with Gasteiger partial charge >= 0.3 is 0 Å². The van der Waals surface area contributed by atoms with Crippen LogP contribution >= 0.6 is 11.6 Å². The topological polar surface area (TPSA) is 67.9 Å². The highest BCUT2D eigenvalue weighted by molar-refractivity contribution is 6.30. The zero-order chi connectivity index (χ0) is 28.4. The molecule has 1 aliphatic rings. The van der Waals surface area contributed by atoms with Crippen LogP contribution in [0.5, 0.6) is 11.5 Å². The lowest BCUT2D eigenvalue weighted by atomic mass is 10.00. The number of carbonyl (C=O) groups is 2. The molecular formula is C34H33ClN2O4. The van der Waals surface area contributed by atoms with Crippen molar-refractivity contribution in [3.05, 3.63) is 130 Å². The van der Waals surface area contributed by atoms with Gasteiger partial charge in [-0.1, -0.05) is 78.3 Å². The van der Waals surface area contributed by atoms with E-state index >= 15 is 0 Å². The third kappa shape index (κ3) is 7.68. The van der Waals surface area contributed by atoms with Gasteiger partial charge in [-0.25, -0.2) is 0 Å². The lowest BCUT2D eigenvalue weighted by Crippen LogP contribution is -2.46. The lowest BCUT2D eigenvalue weighted by molar-refractivity contribution is -0.137. The Bertz CT molecular complexity index is 1460. The van der Waals surface area contributed by atoms with E-state index in [0.29, 0.717) is 41.6 Å². The van der Waals surface area contributed by atoms with Crippen LogP contribution in [-0.2, 0) is 24.2 Å². The number of para-hydroxylation sites is 1. The summed E-state index contributed by atoms with van der Waals surface area (Å²) < 4.78 is 12.2. The molecule has 1 aliphatic heterocycles. The normalized spacial score (nSPS) is 15.9. The summed E-state index contributed by atoms with van der Waals surface area (Å²) in [6.07, 6.45) is 2.12. The largest absolute Gasteiger partial charge is 0.491 e. The number of nitrogens with one attached hydrogen (secondary N) is 1. The van der Waals surface area contributed by atoms with Gasteiger partial charge in [-0.2, -0.15) is 0 Å². The summed E-state index contributed by atoms with van der Waals surface area (Å²) in [7, 11) is 0. The number of aryl methyl sites for hydroxylation is 1. The summed E-state index contributed by atoms with van der Waals surface area (Å²) in [6.45, 7) is 1.02.